The van der Waals surface area contributed by atoms with E-state index in [0.717, 1.165) is 34.4 Å². The summed E-state index contributed by atoms with van der Waals surface area (Å²) in [5, 5.41) is 0. The van der Waals surface area contributed by atoms with Gasteiger partial charge in [-0.25, -0.2) is 8.42 Å². The summed E-state index contributed by atoms with van der Waals surface area (Å²) in [7, 11) is -1.92. The van der Waals surface area contributed by atoms with Crippen LogP contribution in [-0.2, 0) is 21.9 Å². The van der Waals surface area contributed by atoms with Crippen molar-refractivity contribution in [1.29, 1.82) is 0 Å². The molecule has 1 aliphatic heterocycles. The van der Waals surface area contributed by atoms with Gasteiger partial charge in [-0.05, 0) is 37.1 Å². The van der Waals surface area contributed by atoms with Crippen LogP contribution in [0.4, 0.5) is 0 Å². The van der Waals surface area contributed by atoms with Gasteiger partial charge < -0.3 is 4.57 Å². The monoisotopic (exact) mass is 455 g/mol. The van der Waals surface area contributed by atoms with Crippen molar-refractivity contribution in [3.05, 3.63) is 45.5 Å². The first-order valence-corrected chi connectivity index (χ1v) is 12.2. The zero-order chi connectivity index (χ0) is 19.9. The zero-order valence-corrected chi connectivity index (χ0v) is 18.2. The molecule has 1 fully saturated rings. The highest BCUT2D eigenvalue weighted by Crippen LogP contribution is 2.32. The fraction of sp³-hybridized carbons (Fsp3) is 0.333. The van der Waals surface area contributed by atoms with Gasteiger partial charge in [0.25, 0.3) is 15.9 Å². The number of amides is 1. The van der Waals surface area contributed by atoms with Crippen LogP contribution >= 0.6 is 34.3 Å². The first-order valence-electron chi connectivity index (χ1n) is 8.78. The Morgan fingerprint density at radius 2 is 1.96 bits per heavy atom. The van der Waals surface area contributed by atoms with Crippen LogP contribution in [0.15, 0.2) is 45.6 Å². The maximum absolute atomic E-state index is 13.1. The predicted octanol–water partition coefficient (Wildman–Crippen LogP) is 3.63. The van der Waals surface area contributed by atoms with Crippen molar-refractivity contribution < 1.29 is 13.2 Å². The van der Waals surface area contributed by atoms with E-state index in [4.69, 9.17) is 11.6 Å². The van der Waals surface area contributed by atoms with Crippen LogP contribution in [0.3, 0.4) is 0 Å². The molecule has 0 spiro atoms. The summed E-state index contributed by atoms with van der Waals surface area (Å²) in [5.74, 6) is -0.423. The van der Waals surface area contributed by atoms with E-state index < -0.39 is 22.0 Å². The van der Waals surface area contributed by atoms with Crippen LogP contribution in [0.25, 0.3) is 10.2 Å². The molecule has 3 heterocycles. The molecule has 0 bridgehead atoms. The van der Waals surface area contributed by atoms with Crippen LogP contribution < -0.4 is 4.80 Å². The van der Waals surface area contributed by atoms with E-state index in [0.29, 0.717) is 22.1 Å². The van der Waals surface area contributed by atoms with E-state index in [-0.39, 0.29) is 4.21 Å². The molecule has 6 nitrogen and oxygen atoms in total. The molecule has 4 rings (SSSR count). The lowest BCUT2D eigenvalue weighted by Gasteiger charge is -2.31. The average Bonchev–Trinajstić information content (AvgIpc) is 3.26. The molecule has 1 aliphatic rings. The smallest absolute Gasteiger partial charge is 0.266 e. The molecule has 28 heavy (non-hydrogen) atoms. The summed E-state index contributed by atoms with van der Waals surface area (Å²) in [6.07, 6.45) is 1.98. The molecule has 2 aromatic heterocycles. The molecule has 1 atom stereocenters. The maximum atomic E-state index is 13.1. The number of rotatable bonds is 3. The first kappa shape index (κ1) is 19.8. The Kier molecular flexibility index (Phi) is 5.45. The standard InChI is InChI=1S/C18H18ClN3O3S3/c1-21-12-6-2-3-8-14(12)26-18(21)20-17(23)13-7-4-5-11-22(13)28(24,25)16-10-9-15(19)27-16/h2-3,6,8-10,13H,4-5,7,11H2,1H3. The van der Waals surface area contributed by atoms with Gasteiger partial charge in [0.1, 0.15) is 10.3 Å². The zero-order valence-electron chi connectivity index (χ0n) is 15.0. The van der Waals surface area contributed by atoms with Crippen molar-refractivity contribution >= 4 is 60.4 Å². The largest absolute Gasteiger partial charge is 0.319 e. The number of aromatic nitrogens is 1. The Morgan fingerprint density at radius 1 is 1.18 bits per heavy atom. The first-order chi connectivity index (χ1) is 13.4. The minimum atomic E-state index is -3.78. The number of benzene rings is 1. The van der Waals surface area contributed by atoms with Crippen molar-refractivity contribution in [2.45, 2.75) is 29.5 Å². The van der Waals surface area contributed by atoms with Gasteiger partial charge in [0, 0.05) is 13.6 Å². The molecule has 0 radical (unpaired) electrons. The fourth-order valence-electron chi connectivity index (χ4n) is 3.35. The van der Waals surface area contributed by atoms with E-state index in [2.05, 4.69) is 4.99 Å². The summed E-state index contributed by atoms with van der Waals surface area (Å²) >= 11 is 8.34. The number of hydrogen-bond donors (Lipinski definition) is 0. The Hall–Kier alpha value is -1.52. The second-order valence-electron chi connectivity index (χ2n) is 6.55. The number of fused-ring (bicyclic) bond motifs is 1. The van der Waals surface area contributed by atoms with Crippen molar-refractivity contribution in [2.24, 2.45) is 12.0 Å². The van der Waals surface area contributed by atoms with Crippen LogP contribution in [0.5, 0.6) is 0 Å². The second-order valence-corrected chi connectivity index (χ2v) is 11.4. The van der Waals surface area contributed by atoms with Gasteiger partial charge in [-0.1, -0.05) is 41.5 Å². The number of thiophene rings is 1. The maximum Gasteiger partial charge on any atom is 0.266 e. The Morgan fingerprint density at radius 3 is 2.68 bits per heavy atom. The topological polar surface area (TPSA) is 71.7 Å². The number of aryl methyl sites for hydroxylation is 1. The summed E-state index contributed by atoms with van der Waals surface area (Å²) in [6, 6.07) is 10.1. The van der Waals surface area contributed by atoms with Gasteiger partial charge in [0.15, 0.2) is 4.80 Å². The molecule has 1 amide bonds. The molecule has 1 unspecified atom stereocenters. The van der Waals surface area contributed by atoms with E-state index in [1.165, 1.54) is 21.7 Å². The number of halogens is 1. The summed E-state index contributed by atoms with van der Waals surface area (Å²) < 4.78 is 30.8. The van der Waals surface area contributed by atoms with Crippen LogP contribution in [0, 0.1) is 0 Å². The SMILES string of the molecule is Cn1c(=NC(=O)C2CCCCN2S(=O)(=O)c2ccc(Cl)s2)sc2ccccc21. The van der Waals surface area contributed by atoms with Gasteiger partial charge >= 0.3 is 0 Å². The molecular weight excluding hydrogens is 438 g/mol. The van der Waals surface area contributed by atoms with Gasteiger partial charge in [0.05, 0.1) is 14.6 Å². The third kappa shape index (κ3) is 3.57. The number of nitrogens with zero attached hydrogens (tertiary/aromatic N) is 3. The molecule has 10 heteroatoms. The lowest BCUT2D eigenvalue weighted by Crippen LogP contribution is -2.47. The normalized spacial score (nSPS) is 19.4. The van der Waals surface area contributed by atoms with Crippen LogP contribution in [0.1, 0.15) is 19.3 Å². The second kappa shape index (κ2) is 7.72. The molecule has 3 aromatic rings. The Bertz CT molecular complexity index is 1210. The molecule has 148 valence electrons. The minimum absolute atomic E-state index is 0.157. The lowest BCUT2D eigenvalue weighted by molar-refractivity contribution is -0.122. The van der Waals surface area contributed by atoms with Crippen LogP contribution in [-0.4, -0.2) is 35.8 Å². The highest BCUT2D eigenvalue weighted by Gasteiger charge is 2.38. The number of thiazole rings is 1. The van der Waals surface area contributed by atoms with Gasteiger partial charge in [-0.15, -0.1) is 11.3 Å². The van der Waals surface area contributed by atoms with Gasteiger partial charge in [0.2, 0.25) is 0 Å². The third-order valence-electron chi connectivity index (χ3n) is 4.77. The number of carbonyl (C=O) groups is 1. The van der Waals surface area contributed by atoms with E-state index >= 15 is 0 Å². The summed E-state index contributed by atoms with van der Waals surface area (Å²) in [4.78, 5) is 17.8. The number of sulfonamides is 1. The van der Waals surface area contributed by atoms with Crippen LogP contribution in [0.2, 0.25) is 4.34 Å². The van der Waals surface area contributed by atoms with Gasteiger partial charge in [-0.3, -0.25) is 4.79 Å². The Labute approximate surface area is 175 Å². The molecule has 0 N–H and O–H groups in total. The third-order valence-corrected chi connectivity index (χ3v) is 9.49. The molecular formula is C18H18ClN3O3S3. The minimum Gasteiger partial charge on any atom is -0.319 e. The van der Waals surface area contributed by atoms with E-state index in [9.17, 15) is 13.2 Å². The predicted molar refractivity (Wildman–Crippen MR) is 112 cm³/mol. The lowest BCUT2D eigenvalue weighted by atomic mass is 10.0. The fourth-order valence-corrected chi connectivity index (χ4v) is 7.64. The van der Waals surface area contributed by atoms with Crippen molar-refractivity contribution in [1.82, 2.24) is 8.87 Å². The highest BCUT2D eigenvalue weighted by atomic mass is 35.5. The number of para-hydroxylation sites is 1. The number of hydrogen-bond acceptors (Lipinski definition) is 5. The van der Waals surface area contributed by atoms with Crippen molar-refractivity contribution in [3.63, 3.8) is 0 Å². The Balaban J connectivity index is 1.71. The molecule has 0 aliphatic carbocycles. The number of carbonyl (C=O) groups excluding carboxylic acids is 1. The summed E-state index contributed by atoms with van der Waals surface area (Å²) in [6.45, 7) is 0.308. The number of piperidine rings is 1. The van der Waals surface area contributed by atoms with Crippen molar-refractivity contribution in [3.8, 4) is 0 Å². The molecule has 1 saturated heterocycles. The molecule has 1 aromatic carbocycles. The van der Waals surface area contributed by atoms with E-state index in [1.807, 2.05) is 35.9 Å². The van der Waals surface area contributed by atoms with Gasteiger partial charge in [-0.2, -0.15) is 9.30 Å². The summed E-state index contributed by atoms with van der Waals surface area (Å²) in [5.41, 5.74) is 0.986. The van der Waals surface area contributed by atoms with Crippen molar-refractivity contribution in [2.75, 3.05) is 6.54 Å². The molecule has 0 saturated carbocycles. The van der Waals surface area contributed by atoms with E-state index in [1.54, 1.807) is 6.07 Å². The quantitative estimate of drug-likeness (QED) is 0.605. The highest BCUT2D eigenvalue weighted by molar-refractivity contribution is 7.91. The average molecular weight is 456 g/mol.